The second-order valence-electron chi connectivity index (χ2n) is 16.4. The second kappa shape index (κ2) is 9.12. The maximum absolute atomic E-state index is 8.68. The molecule has 0 fully saturated rings. The van der Waals surface area contributed by atoms with Gasteiger partial charge in [0.2, 0.25) is 0 Å². The first-order chi connectivity index (χ1) is 21.7. The summed E-state index contributed by atoms with van der Waals surface area (Å²) in [7, 11) is 18.0. The van der Waals surface area contributed by atoms with Crippen molar-refractivity contribution in [3.63, 3.8) is 0 Å². The standard InChI is InChI=1S/2C20H15.2CH3.2ClH.H3Si.Zr/c2*1-14-12-16-8-5-11-19(20(16)13-14)18-10-4-7-15-6-2-3-9-17(15)18;;;;;;/h2*2-13H,1H3;2*1H3;2*1H;1H3;/q;;;;;;;+2/p-2. The first kappa shape index (κ1) is 30.3. The molecule has 46 heavy (non-hydrogen) atoms. The van der Waals surface area contributed by atoms with Gasteiger partial charge in [0.25, 0.3) is 0 Å². The molecule has 0 nitrogen and oxygen atoms in total. The van der Waals surface area contributed by atoms with Crippen LogP contribution in [0.3, 0.4) is 0 Å². The Kier molecular flexibility index (Phi) is 6.01. The Morgan fingerprint density at radius 3 is 1.26 bits per heavy atom. The van der Waals surface area contributed by atoms with Gasteiger partial charge in [-0.1, -0.05) is 0 Å². The summed E-state index contributed by atoms with van der Waals surface area (Å²) in [6, 6.07) is 44.1. The number of allylic oxidation sites excluding steroid dienone is 2. The van der Waals surface area contributed by atoms with Crippen LogP contribution in [0.4, 0.5) is 0 Å². The number of benzene rings is 6. The number of fused-ring (bicyclic) bond motifs is 4. The Labute approximate surface area is 275 Å². The van der Waals surface area contributed by atoms with Crippen LogP contribution in [0.2, 0.25) is 9.26 Å². The monoisotopic (exact) mass is 731 g/mol. The fourth-order valence-corrected chi connectivity index (χ4v) is 44.7. The van der Waals surface area contributed by atoms with Gasteiger partial charge in [-0.25, -0.2) is 0 Å². The zero-order chi connectivity index (χ0) is 32.2. The molecule has 2 atom stereocenters. The normalized spacial score (nSPS) is 19.9. The summed E-state index contributed by atoms with van der Waals surface area (Å²) in [5.41, 5.74) is 12.6. The summed E-state index contributed by atoms with van der Waals surface area (Å²) < 4.78 is 4.60. The van der Waals surface area contributed by atoms with Crippen LogP contribution in [-0.4, -0.2) is 7.37 Å². The molecule has 6 aromatic rings. The van der Waals surface area contributed by atoms with Crippen molar-refractivity contribution >= 4 is 58.1 Å². The number of halogens is 2. The van der Waals surface area contributed by atoms with Crippen LogP contribution in [0.1, 0.15) is 43.4 Å². The van der Waals surface area contributed by atoms with Crippen LogP contribution in [0.15, 0.2) is 132 Å². The molecule has 0 amide bonds. The summed E-state index contributed by atoms with van der Waals surface area (Å²) in [4.78, 5) is 0. The molecule has 8 rings (SSSR count). The van der Waals surface area contributed by atoms with Gasteiger partial charge >= 0.3 is 278 Å². The minimum absolute atomic E-state index is 0.0443. The third-order valence-electron chi connectivity index (χ3n) is 11.2. The predicted octanol–water partition coefficient (Wildman–Crippen LogP) is 12.4. The SMILES string of the molecule is CC1=Cc2c(-c3cccc4ccccc34)cccc2[CH]1[Zr]([CH3])([CH3])([SiH3])([Cl])([Cl])[CH]1C(C)=Cc2c(-c3cccc4ccccc34)cccc21. The van der Waals surface area contributed by atoms with E-state index in [2.05, 4.69) is 157 Å². The number of hydrogen-bond acceptors (Lipinski definition) is 0. The van der Waals surface area contributed by atoms with Crippen molar-refractivity contribution in [3.8, 4) is 22.3 Å². The molecule has 2 aliphatic carbocycles. The molecule has 0 heterocycles. The molecule has 0 saturated carbocycles. The molecule has 2 aliphatic rings. The van der Waals surface area contributed by atoms with Crippen molar-refractivity contribution in [3.05, 3.63) is 155 Å². The van der Waals surface area contributed by atoms with E-state index in [1.54, 1.807) is 0 Å². The van der Waals surface area contributed by atoms with Gasteiger partial charge in [-0.2, -0.15) is 0 Å². The van der Waals surface area contributed by atoms with Gasteiger partial charge in [-0.3, -0.25) is 0 Å². The molecule has 0 radical (unpaired) electrons. The third-order valence-corrected chi connectivity index (χ3v) is 39.3. The van der Waals surface area contributed by atoms with Gasteiger partial charge in [-0.15, -0.1) is 0 Å². The Morgan fingerprint density at radius 1 is 0.478 bits per heavy atom. The zero-order valence-electron chi connectivity index (χ0n) is 27.1. The van der Waals surface area contributed by atoms with Crippen molar-refractivity contribution in [1.29, 1.82) is 0 Å². The van der Waals surface area contributed by atoms with Crippen LogP contribution < -0.4 is 0 Å². The van der Waals surface area contributed by atoms with Gasteiger partial charge in [0.05, 0.1) is 0 Å². The maximum atomic E-state index is 8.68. The van der Waals surface area contributed by atoms with Crippen molar-refractivity contribution in [2.24, 2.45) is 0 Å². The summed E-state index contributed by atoms with van der Waals surface area (Å²) >= 11 is -5.80. The summed E-state index contributed by atoms with van der Waals surface area (Å²) in [5, 5.41) is 5.03. The molecule has 6 aromatic carbocycles. The number of rotatable bonds is 4. The molecular formula is C42H39Cl2SiZr. The topological polar surface area (TPSA) is 0 Å². The Hall–Kier alpha value is -3.00. The van der Waals surface area contributed by atoms with E-state index in [1.807, 2.05) is 0 Å². The van der Waals surface area contributed by atoms with E-state index < -0.39 is 12.6 Å². The number of hydrogen-bond donors (Lipinski definition) is 0. The van der Waals surface area contributed by atoms with Crippen LogP contribution in [0.25, 0.3) is 56.0 Å². The summed E-state index contributed by atoms with van der Waals surface area (Å²) in [5.74, 6) is 0. The summed E-state index contributed by atoms with van der Waals surface area (Å²) in [6.07, 6.45) is 4.78. The van der Waals surface area contributed by atoms with E-state index in [0.717, 1.165) is 0 Å². The Morgan fingerprint density at radius 2 is 0.826 bits per heavy atom. The third kappa shape index (κ3) is 4.34. The first-order valence-corrected chi connectivity index (χ1v) is 38.9. The fourth-order valence-electron chi connectivity index (χ4n) is 9.98. The van der Waals surface area contributed by atoms with Gasteiger partial charge in [0.15, 0.2) is 0 Å². The van der Waals surface area contributed by atoms with Crippen LogP contribution in [0.5, 0.6) is 0 Å². The van der Waals surface area contributed by atoms with Crippen molar-refractivity contribution < 1.29 is 12.6 Å². The zero-order valence-corrected chi connectivity index (χ0v) is 33.1. The summed E-state index contributed by atoms with van der Waals surface area (Å²) in [6.45, 7) is 4.53. The van der Waals surface area contributed by atoms with Gasteiger partial charge in [-0.05, 0) is 0 Å². The van der Waals surface area contributed by atoms with E-state index in [9.17, 15) is 0 Å². The molecule has 0 bridgehead atoms. The van der Waals surface area contributed by atoms with E-state index in [0.29, 0.717) is 7.37 Å². The van der Waals surface area contributed by atoms with Crippen LogP contribution in [-0.2, 0) is 12.6 Å². The Balaban J connectivity index is 1.34. The van der Waals surface area contributed by atoms with E-state index in [1.165, 1.54) is 77.2 Å². The minimum atomic E-state index is -5.80. The molecule has 0 saturated heterocycles. The van der Waals surface area contributed by atoms with Crippen LogP contribution >= 0.6 is 17.0 Å². The molecular weight excluding hydrogens is 695 g/mol. The molecule has 0 spiro atoms. The van der Waals surface area contributed by atoms with Crippen molar-refractivity contribution in [2.45, 2.75) is 30.4 Å². The molecule has 0 N–H and O–H groups in total. The van der Waals surface area contributed by atoms with Gasteiger partial charge in [0, 0.05) is 0 Å². The molecule has 229 valence electrons. The molecule has 0 aliphatic heterocycles. The molecule has 0 aromatic heterocycles. The average molecular weight is 734 g/mol. The van der Waals surface area contributed by atoms with Crippen molar-refractivity contribution in [2.75, 3.05) is 0 Å². The van der Waals surface area contributed by atoms with E-state index >= 15 is 0 Å². The van der Waals surface area contributed by atoms with Gasteiger partial charge in [0.1, 0.15) is 0 Å². The van der Waals surface area contributed by atoms with Gasteiger partial charge < -0.3 is 0 Å². The van der Waals surface area contributed by atoms with E-state index in [-0.39, 0.29) is 7.25 Å². The average Bonchev–Trinajstić information content (AvgIpc) is 3.57. The first-order valence-electron chi connectivity index (χ1n) is 16.4. The predicted molar refractivity (Wildman–Crippen MR) is 205 cm³/mol. The Bertz CT molecular complexity index is 2200. The van der Waals surface area contributed by atoms with Crippen LogP contribution in [0, 0.1) is 0 Å². The molecule has 2 unspecified atom stereocenters. The second-order valence-corrected chi connectivity index (χ2v) is 98.0. The quantitative estimate of drug-likeness (QED) is 0.158. The van der Waals surface area contributed by atoms with E-state index in [4.69, 9.17) is 17.0 Å². The van der Waals surface area contributed by atoms with Crippen molar-refractivity contribution in [1.82, 2.24) is 0 Å². The fraction of sp³-hybridized carbons (Fsp3) is 0.143. The molecule has 4 heteroatoms.